The molecule has 5 rings (SSSR count). The minimum atomic E-state index is -0.507. The van der Waals surface area contributed by atoms with Gasteiger partial charge in [-0.05, 0) is 25.0 Å². The maximum absolute atomic E-state index is 13.7. The van der Waals surface area contributed by atoms with Gasteiger partial charge in [0.05, 0.1) is 27.9 Å². The molecule has 1 amide bonds. The Hall–Kier alpha value is -3.77. The molecule has 36 heavy (non-hydrogen) atoms. The second-order valence-corrected chi connectivity index (χ2v) is 9.87. The first kappa shape index (κ1) is 23.9. The molecule has 0 saturated carbocycles. The average molecular weight is 527 g/mol. The van der Waals surface area contributed by atoms with E-state index in [1.807, 2.05) is 29.8 Å². The van der Waals surface area contributed by atoms with Crippen LogP contribution in [0.3, 0.4) is 0 Å². The number of carbonyl (C=O) groups is 1. The second kappa shape index (κ2) is 9.36. The van der Waals surface area contributed by atoms with Gasteiger partial charge in [-0.3, -0.25) is 23.6 Å². The lowest BCUT2D eigenvalue weighted by atomic mass is 10.2. The summed E-state index contributed by atoms with van der Waals surface area (Å²) in [5, 5.41) is 1.11. The summed E-state index contributed by atoms with van der Waals surface area (Å²) in [7, 11) is 2.94. The highest BCUT2D eigenvalue weighted by Gasteiger charge is 2.23. The number of carbonyl (C=O) groups excluding carboxylic acids is 1. The average Bonchev–Trinajstić information content (AvgIpc) is 3.62. The van der Waals surface area contributed by atoms with Crippen LogP contribution in [-0.4, -0.2) is 45.7 Å². The van der Waals surface area contributed by atoms with E-state index in [9.17, 15) is 14.4 Å². The zero-order chi connectivity index (χ0) is 25.6. The monoisotopic (exact) mass is 526 g/mol. The zero-order valence-electron chi connectivity index (χ0n) is 19.9. The number of aromatic nitrogens is 7. The van der Waals surface area contributed by atoms with Gasteiger partial charge in [-0.15, -0.1) is 0 Å². The Morgan fingerprint density at radius 3 is 2.69 bits per heavy atom. The fourth-order valence-electron chi connectivity index (χ4n) is 4.11. The van der Waals surface area contributed by atoms with Gasteiger partial charge < -0.3 is 9.13 Å². The van der Waals surface area contributed by atoms with Crippen LogP contribution >= 0.6 is 22.9 Å². The SMILES string of the molecule is Cc1ccc(Cl)c2sc(N(CCCn3ccnc3)C(=O)Cn3cnc4c3c(=O)n(C)c(=O)n4C)nc12. The summed E-state index contributed by atoms with van der Waals surface area (Å²) in [5.41, 5.74) is 1.15. The molecule has 0 N–H and O–H groups in total. The van der Waals surface area contributed by atoms with Gasteiger partial charge in [0.1, 0.15) is 6.54 Å². The summed E-state index contributed by atoms with van der Waals surface area (Å²) in [6.07, 6.45) is 7.37. The Morgan fingerprint density at radius 2 is 1.97 bits per heavy atom. The van der Waals surface area contributed by atoms with E-state index in [1.165, 1.54) is 33.8 Å². The molecule has 13 heteroatoms. The Bertz CT molecular complexity index is 1670. The molecule has 0 fully saturated rings. The van der Waals surface area contributed by atoms with Crippen molar-refractivity contribution in [2.45, 2.75) is 26.4 Å². The van der Waals surface area contributed by atoms with Crippen molar-refractivity contribution in [1.29, 1.82) is 0 Å². The fraction of sp³-hybridized carbons (Fsp3) is 0.304. The summed E-state index contributed by atoms with van der Waals surface area (Å²) < 4.78 is 6.53. The van der Waals surface area contributed by atoms with Gasteiger partial charge in [0.25, 0.3) is 5.56 Å². The summed E-state index contributed by atoms with van der Waals surface area (Å²) in [6.45, 7) is 2.88. The Morgan fingerprint density at radius 1 is 1.17 bits per heavy atom. The van der Waals surface area contributed by atoms with Crippen molar-refractivity contribution >= 4 is 55.4 Å². The van der Waals surface area contributed by atoms with E-state index in [4.69, 9.17) is 16.6 Å². The number of halogens is 1. The number of imidazole rings is 2. The summed E-state index contributed by atoms with van der Waals surface area (Å²) >= 11 is 7.77. The highest BCUT2D eigenvalue weighted by atomic mass is 35.5. The smallest absolute Gasteiger partial charge is 0.332 e. The molecule has 0 spiro atoms. The summed E-state index contributed by atoms with van der Waals surface area (Å²) in [6, 6.07) is 3.72. The highest BCUT2D eigenvalue weighted by molar-refractivity contribution is 7.23. The molecule has 11 nitrogen and oxygen atoms in total. The third-order valence-corrected chi connectivity index (χ3v) is 7.64. The van der Waals surface area contributed by atoms with E-state index >= 15 is 0 Å². The highest BCUT2D eigenvalue weighted by Crippen LogP contribution is 2.35. The first-order valence-corrected chi connectivity index (χ1v) is 12.4. The predicted molar refractivity (Wildman–Crippen MR) is 139 cm³/mol. The topological polar surface area (TPSA) is 113 Å². The minimum absolute atomic E-state index is 0.141. The van der Waals surface area contributed by atoms with Gasteiger partial charge in [-0.2, -0.15) is 0 Å². The van der Waals surface area contributed by atoms with Gasteiger partial charge in [-0.25, -0.2) is 19.7 Å². The molecule has 0 aliphatic carbocycles. The maximum atomic E-state index is 13.7. The first-order valence-electron chi connectivity index (χ1n) is 11.2. The van der Waals surface area contributed by atoms with E-state index in [-0.39, 0.29) is 23.6 Å². The standard InChI is InChI=1S/C23H23ClN8O3S/c1-14-5-6-15(24)19-17(14)27-22(36-19)32(9-4-8-30-10-7-25-12-30)16(33)11-31-13-26-20-18(31)21(34)29(3)23(35)28(20)2/h5-7,10,12-13H,4,8-9,11H2,1-3H3. The van der Waals surface area contributed by atoms with Crippen LogP contribution in [0.25, 0.3) is 21.4 Å². The van der Waals surface area contributed by atoms with Gasteiger partial charge >= 0.3 is 5.69 Å². The molecule has 0 radical (unpaired) electrons. The van der Waals surface area contributed by atoms with Gasteiger partial charge in [0.2, 0.25) is 5.91 Å². The van der Waals surface area contributed by atoms with Crippen LogP contribution in [-0.2, 0) is 32.0 Å². The zero-order valence-corrected chi connectivity index (χ0v) is 21.5. The molecule has 1 aromatic carbocycles. The molecule has 0 aliphatic rings. The number of nitrogens with zero attached hydrogens (tertiary/aromatic N) is 8. The molecule has 0 unspecified atom stereocenters. The number of benzene rings is 1. The number of amides is 1. The van der Waals surface area contributed by atoms with Crippen molar-refractivity contribution in [2.24, 2.45) is 14.1 Å². The second-order valence-electron chi connectivity index (χ2n) is 8.49. The lowest BCUT2D eigenvalue weighted by molar-refractivity contribution is -0.119. The molecule has 0 aliphatic heterocycles. The van der Waals surface area contributed by atoms with Crippen molar-refractivity contribution in [1.82, 2.24) is 33.2 Å². The lowest BCUT2D eigenvalue weighted by Gasteiger charge is -2.20. The van der Waals surface area contributed by atoms with Crippen LogP contribution in [0.2, 0.25) is 5.02 Å². The third kappa shape index (κ3) is 4.11. The fourth-order valence-corrected chi connectivity index (χ4v) is 5.47. The largest absolute Gasteiger partial charge is 0.337 e. The summed E-state index contributed by atoms with van der Waals surface area (Å²) in [5.74, 6) is -0.260. The molecule has 4 heterocycles. The molecular formula is C23H23ClN8O3S. The van der Waals surface area contributed by atoms with Crippen molar-refractivity contribution in [3.05, 3.63) is 68.6 Å². The predicted octanol–water partition coefficient (Wildman–Crippen LogP) is 2.33. The number of aryl methyl sites for hydroxylation is 3. The van der Waals surface area contributed by atoms with E-state index in [0.717, 1.165) is 20.3 Å². The maximum Gasteiger partial charge on any atom is 0.332 e. The van der Waals surface area contributed by atoms with Crippen LogP contribution in [0.15, 0.2) is 46.8 Å². The van der Waals surface area contributed by atoms with Crippen molar-refractivity contribution in [3.63, 3.8) is 0 Å². The van der Waals surface area contributed by atoms with Gasteiger partial charge in [0.15, 0.2) is 16.3 Å². The van der Waals surface area contributed by atoms with Crippen molar-refractivity contribution in [3.8, 4) is 0 Å². The number of hydrogen-bond acceptors (Lipinski definition) is 7. The van der Waals surface area contributed by atoms with Crippen LogP contribution in [0, 0.1) is 6.92 Å². The minimum Gasteiger partial charge on any atom is -0.337 e. The molecule has 5 aromatic rings. The molecule has 186 valence electrons. The normalized spacial score (nSPS) is 11.6. The van der Waals surface area contributed by atoms with E-state index < -0.39 is 11.2 Å². The molecule has 4 aromatic heterocycles. The molecule has 0 saturated heterocycles. The molecular weight excluding hydrogens is 504 g/mol. The molecule has 0 atom stereocenters. The quantitative estimate of drug-likeness (QED) is 0.321. The Balaban J connectivity index is 1.51. The third-order valence-electron chi connectivity index (χ3n) is 6.10. The number of fused-ring (bicyclic) bond motifs is 2. The van der Waals surface area contributed by atoms with E-state index in [1.54, 1.807) is 24.5 Å². The Kier molecular flexibility index (Phi) is 6.22. The van der Waals surface area contributed by atoms with Crippen LogP contribution in [0.5, 0.6) is 0 Å². The number of thiazole rings is 1. The van der Waals surface area contributed by atoms with Crippen molar-refractivity contribution < 1.29 is 4.79 Å². The van der Waals surface area contributed by atoms with Gasteiger partial charge in [-0.1, -0.05) is 29.0 Å². The summed E-state index contributed by atoms with van der Waals surface area (Å²) in [4.78, 5) is 53.4. The van der Waals surface area contributed by atoms with Crippen LogP contribution < -0.4 is 16.1 Å². The van der Waals surface area contributed by atoms with Gasteiger partial charge in [0, 0.05) is 39.6 Å². The van der Waals surface area contributed by atoms with E-state index in [2.05, 4.69) is 9.97 Å². The number of anilines is 1. The number of hydrogen-bond donors (Lipinski definition) is 0. The van der Waals surface area contributed by atoms with E-state index in [0.29, 0.717) is 29.7 Å². The lowest BCUT2D eigenvalue weighted by Crippen LogP contribution is -2.39. The van der Waals surface area contributed by atoms with Crippen LogP contribution in [0.1, 0.15) is 12.0 Å². The van der Waals surface area contributed by atoms with Crippen molar-refractivity contribution in [2.75, 3.05) is 11.4 Å². The number of rotatable bonds is 7. The Labute approximate surface area is 213 Å². The molecule has 0 bridgehead atoms. The first-order chi connectivity index (χ1) is 17.3. The van der Waals surface area contributed by atoms with Crippen LogP contribution in [0.4, 0.5) is 5.13 Å².